The first-order chi connectivity index (χ1) is 10.1. The molecule has 1 aliphatic carbocycles. The van der Waals surface area contributed by atoms with Crippen LogP contribution < -0.4 is 11.1 Å². The molecule has 116 valence electrons. The molecular formula is C17H25FN2O. The van der Waals surface area contributed by atoms with Crippen LogP contribution in [0.25, 0.3) is 0 Å². The molecule has 1 aromatic rings. The second-order valence-electron chi connectivity index (χ2n) is 6.13. The maximum absolute atomic E-state index is 13.2. The van der Waals surface area contributed by atoms with Gasteiger partial charge in [0.25, 0.3) is 0 Å². The molecular weight excluding hydrogens is 267 g/mol. The van der Waals surface area contributed by atoms with Gasteiger partial charge in [-0.05, 0) is 49.4 Å². The number of amides is 1. The van der Waals surface area contributed by atoms with Crippen molar-refractivity contribution in [3.8, 4) is 0 Å². The highest BCUT2D eigenvalue weighted by atomic mass is 19.1. The van der Waals surface area contributed by atoms with Crippen LogP contribution in [0.5, 0.6) is 0 Å². The Morgan fingerprint density at radius 1 is 1.43 bits per heavy atom. The Bertz CT molecular complexity index is 478. The van der Waals surface area contributed by atoms with Gasteiger partial charge in [0.15, 0.2) is 0 Å². The van der Waals surface area contributed by atoms with Crippen LogP contribution in [0, 0.1) is 17.7 Å². The fraction of sp³-hybridized carbons (Fsp3) is 0.588. The van der Waals surface area contributed by atoms with Gasteiger partial charge in [-0.3, -0.25) is 4.79 Å². The van der Waals surface area contributed by atoms with E-state index in [0.717, 1.165) is 24.8 Å². The highest BCUT2D eigenvalue weighted by molar-refractivity contribution is 5.78. The van der Waals surface area contributed by atoms with Crippen molar-refractivity contribution in [1.29, 1.82) is 0 Å². The van der Waals surface area contributed by atoms with Crippen molar-refractivity contribution in [2.75, 3.05) is 6.54 Å². The number of hydrogen-bond acceptors (Lipinski definition) is 2. The minimum absolute atomic E-state index is 0.0459. The van der Waals surface area contributed by atoms with Gasteiger partial charge in [0.05, 0.1) is 0 Å². The lowest BCUT2D eigenvalue weighted by Crippen LogP contribution is -2.46. The average Bonchev–Trinajstić information content (AvgIpc) is 2.47. The molecule has 0 aliphatic heterocycles. The van der Waals surface area contributed by atoms with Crippen LogP contribution in [0.3, 0.4) is 0 Å². The predicted molar refractivity (Wildman–Crippen MR) is 82.2 cm³/mol. The molecule has 0 bridgehead atoms. The number of rotatable bonds is 5. The van der Waals surface area contributed by atoms with Crippen molar-refractivity contribution in [1.82, 2.24) is 5.32 Å². The van der Waals surface area contributed by atoms with Crippen LogP contribution in [0.1, 0.15) is 38.2 Å². The highest BCUT2D eigenvalue weighted by Gasteiger charge is 2.26. The molecule has 3 nitrogen and oxygen atoms in total. The van der Waals surface area contributed by atoms with E-state index < -0.39 is 0 Å². The molecule has 1 amide bonds. The summed E-state index contributed by atoms with van der Waals surface area (Å²) in [6.45, 7) is 2.52. The zero-order valence-electron chi connectivity index (χ0n) is 12.6. The van der Waals surface area contributed by atoms with Crippen LogP contribution >= 0.6 is 0 Å². The lowest BCUT2D eigenvalue weighted by atomic mass is 9.84. The summed E-state index contributed by atoms with van der Waals surface area (Å²) in [7, 11) is 0. The van der Waals surface area contributed by atoms with Gasteiger partial charge in [0.2, 0.25) is 5.91 Å². The molecule has 4 heteroatoms. The Kier molecular flexibility index (Phi) is 5.74. The minimum atomic E-state index is -0.254. The molecule has 3 N–H and O–H groups in total. The largest absolute Gasteiger partial charge is 0.353 e. The van der Waals surface area contributed by atoms with Gasteiger partial charge in [0, 0.05) is 12.0 Å². The number of benzene rings is 1. The van der Waals surface area contributed by atoms with E-state index >= 15 is 0 Å². The summed E-state index contributed by atoms with van der Waals surface area (Å²) < 4.78 is 13.2. The summed E-state index contributed by atoms with van der Waals surface area (Å²) in [6.07, 6.45) is 5.02. The van der Waals surface area contributed by atoms with Gasteiger partial charge >= 0.3 is 0 Å². The molecule has 0 spiro atoms. The number of hydrogen-bond donors (Lipinski definition) is 2. The van der Waals surface area contributed by atoms with Gasteiger partial charge in [0.1, 0.15) is 5.82 Å². The topological polar surface area (TPSA) is 55.1 Å². The van der Waals surface area contributed by atoms with Gasteiger partial charge in [-0.25, -0.2) is 4.39 Å². The number of carbonyl (C=O) groups excluding carboxylic acids is 1. The number of nitrogens with two attached hydrogens (primary N) is 1. The summed E-state index contributed by atoms with van der Waals surface area (Å²) >= 11 is 0. The second kappa shape index (κ2) is 7.55. The summed E-state index contributed by atoms with van der Waals surface area (Å²) in [6, 6.07) is 6.65. The quantitative estimate of drug-likeness (QED) is 0.876. The van der Waals surface area contributed by atoms with Gasteiger partial charge in [-0.15, -0.1) is 0 Å². The van der Waals surface area contributed by atoms with E-state index in [-0.39, 0.29) is 23.7 Å². The molecule has 3 unspecified atom stereocenters. The number of halogens is 1. The zero-order chi connectivity index (χ0) is 15.2. The van der Waals surface area contributed by atoms with Crippen LogP contribution in [-0.4, -0.2) is 18.5 Å². The Morgan fingerprint density at radius 2 is 2.19 bits per heavy atom. The van der Waals surface area contributed by atoms with Crippen molar-refractivity contribution in [2.24, 2.45) is 17.6 Å². The molecule has 2 rings (SSSR count). The third-order valence-electron chi connectivity index (χ3n) is 4.42. The smallest absolute Gasteiger partial charge is 0.223 e. The molecule has 1 aliphatic rings. The lowest BCUT2D eigenvalue weighted by molar-refractivity contribution is -0.125. The summed E-state index contributed by atoms with van der Waals surface area (Å²) in [5.41, 5.74) is 6.65. The van der Waals surface area contributed by atoms with Crippen molar-refractivity contribution in [3.05, 3.63) is 35.6 Å². The zero-order valence-corrected chi connectivity index (χ0v) is 12.6. The van der Waals surface area contributed by atoms with Crippen LogP contribution in [0.2, 0.25) is 0 Å². The fourth-order valence-electron chi connectivity index (χ4n) is 3.11. The van der Waals surface area contributed by atoms with Gasteiger partial charge in [-0.1, -0.05) is 31.9 Å². The summed E-state index contributed by atoms with van der Waals surface area (Å²) in [5.74, 6) is 0.0245. The molecule has 0 saturated heterocycles. The Balaban J connectivity index is 1.90. The monoisotopic (exact) mass is 292 g/mol. The highest BCUT2D eigenvalue weighted by Crippen LogP contribution is 2.24. The van der Waals surface area contributed by atoms with E-state index in [9.17, 15) is 9.18 Å². The van der Waals surface area contributed by atoms with Gasteiger partial charge in [-0.2, -0.15) is 0 Å². The molecule has 0 radical (unpaired) electrons. The fourth-order valence-corrected chi connectivity index (χ4v) is 3.11. The number of carbonyl (C=O) groups is 1. The minimum Gasteiger partial charge on any atom is -0.353 e. The maximum Gasteiger partial charge on any atom is 0.223 e. The van der Waals surface area contributed by atoms with E-state index in [1.165, 1.54) is 18.6 Å². The van der Waals surface area contributed by atoms with E-state index in [4.69, 9.17) is 5.73 Å². The Hall–Kier alpha value is -1.42. The Labute approximate surface area is 126 Å². The van der Waals surface area contributed by atoms with Gasteiger partial charge < -0.3 is 11.1 Å². The van der Waals surface area contributed by atoms with Crippen molar-refractivity contribution in [3.63, 3.8) is 0 Å². The molecule has 1 aromatic carbocycles. The first-order valence-electron chi connectivity index (χ1n) is 7.85. The van der Waals surface area contributed by atoms with Crippen LogP contribution in [0.15, 0.2) is 24.3 Å². The molecule has 1 fully saturated rings. The normalized spacial score (nSPS) is 23.6. The average molecular weight is 292 g/mol. The molecule has 0 heterocycles. The molecule has 21 heavy (non-hydrogen) atoms. The second-order valence-corrected chi connectivity index (χ2v) is 6.13. The van der Waals surface area contributed by atoms with E-state index in [1.54, 1.807) is 6.07 Å². The third kappa shape index (κ3) is 4.53. The molecule has 1 saturated carbocycles. The molecule has 0 aromatic heterocycles. The number of nitrogens with one attached hydrogen (secondary N) is 1. The SMILES string of the molecule is CC(Cc1cccc(F)c1)C(=O)NC1CCCCC1CN. The van der Waals surface area contributed by atoms with Crippen molar-refractivity contribution < 1.29 is 9.18 Å². The van der Waals surface area contributed by atoms with Crippen molar-refractivity contribution in [2.45, 2.75) is 45.1 Å². The predicted octanol–water partition coefficient (Wildman–Crippen LogP) is 2.64. The van der Waals surface area contributed by atoms with E-state index in [2.05, 4.69) is 5.32 Å². The van der Waals surface area contributed by atoms with Crippen LogP contribution in [-0.2, 0) is 11.2 Å². The van der Waals surface area contributed by atoms with Crippen LogP contribution in [0.4, 0.5) is 4.39 Å². The molecule has 3 atom stereocenters. The van der Waals surface area contributed by atoms with E-state index in [1.807, 2.05) is 13.0 Å². The van der Waals surface area contributed by atoms with E-state index in [0.29, 0.717) is 18.9 Å². The maximum atomic E-state index is 13.2. The lowest BCUT2D eigenvalue weighted by Gasteiger charge is -2.32. The third-order valence-corrected chi connectivity index (χ3v) is 4.42. The standard InChI is InChI=1S/C17H25FN2O/c1-12(9-13-5-4-7-15(18)10-13)17(21)20-16-8-3-2-6-14(16)11-19/h4-5,7,10,12,14,16H,2-3,6,8-9,11,19H2,1H3,(H,20,21). The Morgan fingerprint density at radius 3 is 2.90 bits per heavy atom. The first-order valence-corrected chi connectivity index (χ1v) is 7.85. The van der Waals surface area contributed by atoms with Crippen molar-refractivity contribution >= 4 is 5.91 Å². The summed E-state index contributed by atoms with van der Waals surface area (Å²) in [5, 5.41) is 3.14. The summed E-state index contributed by atoms with van der Waals surface area (Å²) in [4.78, 5) is 12.3. The first kappa shape index (κ1) is 16.0.